The third-order valence-corrected chi connectivity index (χ3v) is 6.57. The first-order valence-electron chi connectivity index (χ1n) is 11.2. The molecule has 0 bridgehead atoms. The van der Waals surface area contributed by atoms with Gasteiger partial charge in [0.05, 0.1) is 24.1 Å². The third-order valence-electron chi connectivity index (χ3n) is 6.01. The van der Waals surface area contributed by atoms with E-state index >= 15 is 0 Å². The van der Waals surface area contributed by atoms with Gasteiger partial charge in [0, 0.05) is 23.2 Å². The average molecular weight is 542 g/mol. The summed E-state index contributed by atoms with van der Waals surface area (Å²) in [6.45, 7) is 0.0652. The second kappa shape index (κ2) is 11.0. The zero-order chi connectivity index (χ0) is 26.7. The molecular weight excluding hydrogens is 521 g/mol. The molecule has 0 N–H and O–H groups in total. The fourth-order valence-electron chi connectivity index (χ4n) is 4.15. The molecule has 3 aromatic rings. The van der Waals surface area contributed by atoms with Crippen molar-refractivity contribution in [3.05, 3.63) is 98.0 Å². The SMILES string of the molecule is COc1ccc(N2C(=O)CC(N(CCc3cccc(Cl)c3)C(=O)c3ccc(Cl)c([N+](=O)[O-])c3)C2=O)cc1. The topological polar surface area (TPSA) is 110 Å². The van der Waals surface area contributed by atoms with Crippen LogP contribution in [-0.2, 0) is 16.0 Å². The van der Waals surface area contributed by atoms with Gasteiger partial charge in [0.1, 0.15) is 16.8 Å². The number of carbonyl (C=O) groups excluding carboxylic acids is 3. The number of imide groups is 1. The van der Waals surface area contributed by atoms with E-state index < -0.39 is 34.4 Å². The Morgan fingerprint density at radius 1 is 1.11 bits per heavy atom. The molecule has 1 heterocycles. The summed E-state index contributed by atoms with van der Waals surface area (Å²) in [6.07, 6.45) is 0.102. The molecule has 190 valence electrons. The van der Waals surface area contributed by atoms with Gasteiger partial charge in [0.15, 0.2) is 0 Å². The van der Waals surface area contributed by atoms with Crippen molar-refractivity contribution in [2.24, 2.45) is 0 Å². The number of anilines is 1. The molecule has 1 atom stereocenters. The molecule has 4 rings (SSSR count). The lowest BCUT2D eigenvalue weighted by molar-refractivity contribution is -0.384. The van der Waals surface area contributed by atoms with E-state index in [1.54, 1.807) is 42.5 Å². The van der Waals surface area contributed by atoms with E-state index in [1.165, 1.54) is 24.1 Å². The number of nitrogens with zero attached hydrogens (tertiary/aromatic N) is 3. The number of amides is 3. The number of halogens is 2. The summed E-state index contributed by atoms with van der Waals surface area (Å²) in [6, 6.07) is 16.0. The second-order valence-electron chi connectivity index (χ2n) is 8.29. The Balaban J connectivity index is 1.67. The zero-order valence-corrected chi connectivity index (χ0v) is 21.1. The molecule has 0 spiro atoms. The standard InChI is InChI=1S/C26H21Cl2N3O6/c1-37-20-8-6-19(7-9-20)30-24(32)15-23(26(30)34)29(12-11-16-3-2-4-18(27)13-16)25(33)17-5-10-21(28)22(14-17)31(35)36/h2-10,13-14,23H,11-12,15H2,1H3. The Hall–Kier alpha value is -3.95. The highest BCUT2D eigenvalue weighted by Crippen LogP contribution is 2.30. The van der Waals surface area contributed by atoms with Gasteiger partial charge in [0.2, 0.25) is 5.91 Å². The maximum atomic E-state index is 13.6. The predicted molar refractivity (Wildman–Crippen MR) is 138 cm³/mol. The summed E-state index contributed by atoms with van der Waals surface area (Å²) in [5, 5.41) is 11.8. The van der Waals surface area contributed by atoms with E-state index in [1.807, 2.05) is 6.07 Å². The molecule has 0 saturated carbocycles. The van der Waals surface area contributed by atoms with Gasteiger partial charge in [-0.2, -0.15) is 0 Å². The molecule has 1 aliphatic heterocycles. The molecule has 11 heteroatoms. The van der Waals surface area contributed by atoms with Crippen molar-refractivity contribution in [3.63, 3.8) is 0 Å². The van der Waals surface area contributed by atoms with Gasteiger partial charge in [0.25, 0.3) is 17.5 Å². The second-order valence-corrected chi connectivity index (χ2v) is 9.13. The van der Waals surface area contributed by atoms with Crippen molar-refractivity contribution in [2.75, 3.05) is 18.6 Å². The predicted octanol–water partition coefficient (Wildman–Crippen LogP) is 4.93. The molecule has 9 nitrogen and oxygen atoms in total. The summed E-state index contributed by atoms with van der Waals surface area (Å²) in [4.78, 5) is 53.0. The van der Waals surface area contributed by atoms with Crippen LogP contribution in [-0.4, -0.2) is 47.2 Å². The zero-order valence-electron chi connectivity index (χ0n) is 19.6. The number of hydrogen-bond donors (Lipinski definition) is 0. The minimum atomic E-state index is -1.10. The smallest absolute Gasteiger partial charge is 0.288 e. The van der Waals surface area contributed by atoms with Gasteiger partial charge < -0.3 is 9.64 Å². The quantitative estimate of drug-likeness (QED) is 0.227. The summed E-state index contributed by atoms with van der Waals surface area (Å²) >= 11 is 12.0. The van der Waals surface area contributed by atoms with Gasteiger partial charge in [-0.25, -0.2) is 4.90 Å². The lowest BCUT2D eigenvalue weighted by atomic mass is 10.1. The lowest BCUT2D eigenvalue weighted by Gasteiger charge is -2.28. The van der Waals surface area contributed by atoms with Crippen LogP contribution in [0.2, 0.25) is 10.0 Å². The molecule has 3 aromatic carbocycles. The first-order valence-corrected chi connectivity index (χ1v) is 12.0. The highest BCUT2D eigenvalue weighted by Gasteiger charge is 2.44. The molecule has 37 heavy (non-hydrogen) atoms. The van der Waals surface area contributed by atoms with E-state index in [2.05, 4.69) is 0 Å². The van der Waals surface area contributed by atoms with Crippen molar-refractivity contribution in [1.82, 2.24) is 4.90 Å². The summed E-state index contributed by atoms with van der Waals surface area (Å²) in [7, 11) is 1.50. The van der Waals surface area contributed by atoms with E-state index in [4.69, 9.17) is 27.9 Å². The van der Waals surface area contributed by atoms with E-state index in [0.717, 1.165) is 16.5 Å². The Bertz CT molecular complexity index is 1380. The van der Waals surface area contributed by atoms with Crippen LogP contribution >= 0.6 is 23.2 Å². The summed E-state index contributed by atoms with van der Waals surface area (Å²) in [5.41, 5.74) is 0.708. The van der Waals surface area contributed by atoms with Gasteiger partial charge in [-0.3, -0.25) is 24.5 Å². The van der Waals surface area contributed by atoms with Crippen LogP contribution in [0.25, 0.3) is 0 Å². The molecule has 1 fully saturated rings. The fraction of sp³-hybridized carbons (Fsp3) is 0.192. The molecule has 0 aromatic heterocycles. The average Bonchev–Trinajstić information content (AvgIpc) is 3.17. The maximum Gasteiger partial charge on any atom is 0.288 e. The molecule has 1 unspecified atom stereocenters. The Morgan fingerprint density at radius 3 is 2.49 bits per heavy atom. The maximum absolute atomic E-state index is 13.6. The van der Waals surface area contributed by atoms with Crippen LogP contribution < -0.4 is 9.64 Å². The van der Waals surface area contributed by atoms with Crippen LogP contribution in [0.15, 0.2) is 66.7 Å². The number of carbonyl (C=O) groups is 3. The summed E-state index contributed by atoms with van der Waals surface area (Å²) in [5.74, 6) is -1.12. The van der Waals surface area contributed by atoms with E-state index in [-0.39, 0.29) is 23.6 Å². The van der Waals surface area contributed by atoms with Crippen molar-refractivity contribution < 1.29 is 24.0 Å². The number of nitro benzene ring substituents is 1. The highest BCUT2D eigenvalue weighted by molar-refractivity contribution is 6.32. The number of benzene rings is 3. The lowest BCUT2D eigenvalue weighted by Crippen LogP contribution is -2.46. The largest absolute Gasteiger partial charge is 0.497 e. The first kappa shape index (κ1) is 26.1. The number of nitro groups is 1. The number of ether oxygens (including phenoxy) is 1. The van der Waals surface area contributed by atoms with Crippen LogP contribution in [0.5, 0.6) is 5.75 Å². The van der Waals surface area contributed by atoms with Crippen molar-refractivity contribution in [2.45, 2.75) is 18.9 Å². The summed E-state index contributed by atoms with van der Waals surface area (Å²) < 4.78 is 5.13. The Kier molecular flexibility index (Phi) is 7.75. The van der Waals surface area contributed by atoms with Crippen LogP contribution in [0.1, 0.15) is 22.3 Å². The molecule has 0 radical (unpaired) electrons. The minimum absolute atomic E-state index is 0.0228. The molecular formula is C26H21Cl2N3O6. The third kappa shape index (κ3) is 5.58. The molecule has 1 aliphatic rings. The normalized spacial score (nSPS) is 15.1. The van der Waals surface area contributed by atoms with Gasteiger partial charge >= 0.3 is 0 Å². The van der Waals surface area contributed by atoms with Gasteiger partial charge in [-0.15, -0.1) is 0 Å². The van der Waals surface area contributed by atoms with Crippen molar-refractivity contribution >= 4 is 52.3 Å². The Labute approximate surface area is 222 Å². The van der Waals surface area contributed by atoms with E-state index in [0.29, 0.717) is 22.9 Å². The van der Waals surface area contributed by atoms with E-state index in [9.17, 15) is 24.5 Å². The van der Waals surface area contributed by atoms with Crippen molar-refractivity contribution in [3.8, 4) is 5.75 Å². The first-order chi connectivity index (χ1) is 17.7. The minimum Gasteiger partial charge on any atom is -0.497 e. The van der Waals surface area contributed by atoms with Crippen LogP contribution in [0.4, 0.5) is 11.4 Å². The number of hydrogen-bond acceptors (Lipinski definition) is 6. The van der Waals surface area contributed by atoms with Gasteiger partial charge in [-0.05, 0) is 60.5 Å². The monoisotopic (exact) mass is 541 g/mol. The molecule has 1 saturated heterocycles. The Morgan fingerprint density at radius 2 is 1.84 bits per heavy atom. The highest BCUT2D eigenvalue weighted by atomic mass is 35.5. The number of methoxy groups -OCH3 is 1. The van der Waals surface area contributed by atoms with Gasteiger partial charge in [-0.1, -0.05) is 35.3 Å². The fourth-order valence-corrected chi connectivity index (χ4v) is 4.55. The van der Waals surface area contributed by atoms with Crippen LogP contribution in [0, 0.1) is 10.1 Å². The number of rotatable bonds is 8. The molecule has 3 amide bonds. The van der Waals surface area contributed by atoms with Crippen LogP contribution in [0.3, 0.4) is 0 Å². The van der Waals surface area contributed by atoms with Crippen molar-refractivity contribution in [1.29, 1.82) is 0 Å². The molecule has 0 aliphatic carbocycles.